The van der Waals surface area contributed by atoms with Gasteiger partial charge in [0.05, 0.1) is 0 Å². The maximum absolute atomic E-state index is 5.11. The largest absolute Gasteiger partial charge is 0.395 e. The van der Waals surface area contributed by atoms with Crippen LogP contribution in [0.25, 0.3) is 0 Å². The van der Waals surface area contributed by atoms with Gasteiger partial charge in [0.2, 0.25) is 0 Å². The van der Waals surface area contributed by atoms with E-state index in [2.05, 4.69) is 24.4 Å². The van der Waals surface area contributed by atoms with E-state index in [1.165, 1.54) is 37.7 Å². The molecule has 1 radical (unpaired) electrons. The summed E-state index contributed by atoms with van der Waals surface area (Å²) in [6, 6.07) is 0. The highest BCUT2D eigenvalue weighted by molar-refractivity contribution is 5.78. The van der Waals surface area contributed by atoms with Gasteiger partial charge in [0.25, 0.3) is 0 Å². The Morgan fingerprint density at radius 1 is 1.43 bits per heavy atom. The third-order valence-electron chi connectivity index (χ3n) is 2.38. The fourth-order valence-electron chi connectivity index (χ4n) is 1.49. The van der Waals surface area contributed by atoms with Gasteiger partial charge in [0.1, 0.15) is 12.8 Å². The molecule has 0 aromatic carbocycles. The number of unbranched alkanes of at least 4 members (excludes halogenated alkanes) is 2. The summed E-state index contributed by atoms with van der Waals surface area (Å²) in [5.74, 6) is 0. The lowest BCUT2D eigenvalue weighted by molar-refractivity contribution is 0.141. The van der Waals surface area contributed by atoms with Crippen LogP contribution in [0.1, 0.15) is 51.9 Å². The van der Waals surface area contributed by atoms with Crippen LogP contribution in [0.5, 0.6) is 0 Å². The van der Waals surface area contributed by atoms with Crippen molar-refractivity contribution in [2.24, 2.45) is 5.16 Å². The SMILES string of the molecule is CCCCCO/N=[C]/C1=CCCCC1. The quantitative estimate of drug-likeness (QED) is 0.360. The maximum atomic E-state index is 5.11. The van der Waals surface area contributed by atoms with Gasteiger partial charge >= 0.3 is 0 Å². The zero-order chi connectivity index (χ0) is 10.1. The normalized spacial score (nSPS) is 17.1. The third kappa shape index (κ3) is 5.05. The van der Waals surface area contributed by atoms with Crippen LogP contribution in [0.15, 0.2) is 16.8 Å². The van der Waals surface area contributed by atoms with Crippen LogP contribution in [-0.2, 0) is 4.84 Å². The minimum atomic E-state index is 0.730. The van der Waals surface area contributed by atoms with Crippen molar-refractivity contribution in [3.8, 4) is 0 Å². The van der Waals surface area contributed by atoms with Gasteiger partial charge in [0, 0.05) is 0 Å². The Kier molecular flexibility index (Phi) is 6.13. The maximum Gasteiger partial charge on any atom is 0.135 e. The molecule has 0 aliphatic heterocycles. The Hall–Kier alpha value is -0.790. The summed E-state index contributed by atoms with van der Waals surface area (Å²) in [6.45, 7) is 2.91. The lowest BCUT2D eigenvalue weighted by Crippen LogP contribution is -1.94. The molecule has 1 aliphatic rings. The highest BCUT2D eigenvalue weighted by atomic mass is 16.6. The van der Waals surface area contributed by atoms with Crippen molar-refractivity contribution in [3.63, 3.8) is 0 Å². The fourth-order valence-corrected chi connectivity index (χ4v) is 1.49. The van der Waals surface area contributed by atoms with Crippen LogP contribution in [0.4, 0.5) is 0 Å². The predicted molar refractivity (Wildman–Crippen MR) is 59.5 cm³/mol. The molecule has 0 saturated heterocycles. The van der Waals surface area contributed by atoms with Gasteiger partial charge in [-0.2, -0.15) is 0 Å². The van der Waals surface area contributed by atoms with E-state index in [-0.39, 0.29) is 0 Å². The van der Waals surface area contributed by atoms with Gasteiger partial charge in [-0.15, -0.1) is 0 Å². The van der Waals surface area contributed by atoms with E-state index in [9.17, 15) is 0 Å². The van der Waals surface area contributed by atoms with Gasteiger partial charge in [-0.1, -0.05) is 31.0 Å². The van der Waals surface area contributed by atoms with Crippen LogP contribution < -0.4 is 0 Å². The zero-order valence-electron chi connectivity index (χ0n) is 9.09. The Labute approximate surface area is 87.0 Å². The summed E-state index contributed by atoms with van der Waals surface area (Å²) in [6.07, 6.45) is 13.6. The van der Waals surface area contributed by atoms with Crippen molar-refractivity contribution in [3.05, 3.63) is 11.6 Å². The van der Waals surface area contributed by atoms with Crippen molar-refractivity contribution in [1.29, 1.82) is 0 Å². The first-order valence-electron chi connectivity index (χ1n) is 5.70. The molecular formula is C12H20NO. The Balaban J connectivity index is 2.04. The van der Waals surface area contributed by atoms with E-state index in [0.717, 1.165) is 19.4 Å². The van der Waals surface area contributed by atoms with Gasteiger partial charge in [-0.25, -0.2) is 0 Å². The number of hydrogen-bond donors (Lipinski definition) is 0. The molecular weight excluding hydrogens is 174 g/mol. The molecule has 0 bridgehead atoms. The monoisotopic (exact) mass is 194 g/mol. The summed E-state index contributed by atoms with van der Waals surface area (Å²) in [5.41, 5.74) is 1.21. The van der Waals surface area contributed by atoms with Crippen molar-refractivity contribution < 1.29 is 4.84 Å². The summed E-state index contributed by atoms with van der Waals surface area (Å²) in [7, 11) is 0. The van der Waals surface area contributed by atoms with Crippen LogP contribution in [-0.4, -0.2) is 12.8 Å². The van der Waals surface area contributed by atoms with E-state index in [0.29, 0.717) is 0 Å². The van der Waals surface area contributed by atoms with Crippen molar-refractivity contribution in [1.82, 2.24) is 0 Å². The fraction of sp³-hybridized carbons (Fsp3) is 0.750. The molecule has 79 valence electrons. The molecule has 2 nitrogen and oxygen atoms in total. The topological polar surface area (TPSA) is 21.6 Å². The molecule has 1 rings (SSSR count). The highest BCUT2D eigenvalue weighted by Crippen LogP contribution is 2.15. The molecule has 1 aliphatic carbocycles. The number of rotatable bonds is 6. The minimum Gasteiger partial charge on any atom is -0.395 e. The standard InChI is InChI=1S/C12H20NO/c1-2-3-7-10-14-13-11-12-8-5-4-6-9-12/h8H,2-7,9-10H2,1H3. The number of hydrogen-bond acceptors (Lipinski definition) is 2. The number of allylic oxidation sites excluding steroid dienone is 2. The third-order valence-corrected chi connectivity index (χ3v) is 2.38. The molecule has 2 heteroatoms. The first-order chi connectivity index (χ1) is 6.93. The van der Waals surface area contributed by atoms with E-state index in [1.54, 1.807) is 0 Å². The second-order valence-electron chi connectivity index (χ2n) is 3.72. The molecule has 14 heavy (non-hydrogen) atoms. The lowest BCUT2D eigenvalue weighted by atomic mass is 10.0. The van der Waals surface area contributed by atoms with E-state index < -0.39 is 0 Å². The predicted octanol–water partition coefficient (Wildman–Crippen LogP) is 3.56. The molecule has 0 fully saturated rings. The molecule has 0 aromatic rings. The minimum absolute atomic E-state index is 0.730. The first kappa shape index (κ1) is 11.3. The van der Waals surface area contributed by atoms with Gasteiger partial charge < -0.3 is 4.84 Å². The number of nitrogens with zero attached hydrogens (tertiary/aromatic N) is 1. The zero-order valence-corrected chi connectivity index (χ0v) is 9.09. The van der Waals surface area contributed by atoms with E-state index in [4.69, 9.17) is 4.84 Å². The van der Waals surface area contributed by atoms with Crippen LogP contribution in [0, 0.1) is 0 Å². The molecule has 0 atom stereocenters. The Morgan fingerprint density at radius 3 is 3.07 bits per heavy atom. The van der Waals surface area contributed by atoms with Gasteiger partial charge in [0.15, 0.2) is 0 Å². The van der Waals surface area contributed by atoms with Crippen molar-refractivity contribution >= 4 is 6.21 Å². The second kappa shape index (κ2) is 7.60. The van der Waals surface area contributed by atoms with Crippen molar-refractivity contribution in [2.75, 3.05) is 6.61 Å². The summed E-state index contributed by atoms with van der Waals surface area (Å²) >= 11 is 0. The van der Waals surface area contributed by atoms with Crippen LogP contribution in [0.3, 0.4) is 0 Å². The molecule has 0 spiro atoms. The Morgan fingerprint density at radius 2 is 2.36 bits per heavy atom. The smallest absolute Gasteiger partial charge is 0.135 e. The molecule has 0 amide bonds. The molecule has 0 aromatic heterocycles. The highest BCUT2D eigenvalue weighted by Gasteiger charge is 2.00. The average Bonchev–Trinajstić information content (AvgIpc) is 2.25. The van der Waals surface area contributed by atoms with Gasteiger partial charge in [-0.05, 0) is 37.7 Å². The molecule has 0 unspecified atom stereocenters. The van der Waals surface area contributed by atoms with Crippen LogP contribution >= 0.6 is 0 Å². The van der Waals surface area contributed by atoms with Crippen LogP contribution in [0.2, 0.25) is 0 Å². The lowest BCUT2D eigenvalue weighted by Gasteiger charge is -2.06. The Bertz CT molecular complexity index is 196. The molecule has 0 heterocycles. The summed E-state index contributed by atoms with van der Waals surface area (Å²) in [4.78, 5) is 5.11. The van der Waals surface area contributed by atoms with Gasteiger partial charge in [-0.3, -0.25) is 0 Å². The van der Waals surface area contributed by atoms with E-state index >= 15 is 0 Å². The summed E-state index contributed by atoms with van der Waals surface area (Å²) in [5, 5.41) is 3.85. The first-order valence-corrected chi connectivity index (χ1v) is 5.70. The second-order valence-corrected chi connectivity index (χ2v) is 3.72. The molecule has 0 saturated carbocycles. The summed E-state index contributed by atoms with van der Waals surface area (Å²) < 4.78 is 0. The molecule has 0 N–H and O–H groups in total. The van der Waals surface area contributed by atoms with E-state index in [1.807, 2.05) is 0 Å². The van der Waals surface area contributed by atoms with Crippen molar-refractivity contribution in [2.45, 2.75) is 51.9 Å². The average molecular weight is 194 g/mol.